The van der Waals surface area contributed by atoms with Crippen molar-refractivity contribution in [2.75, 3.05) is 19.7 Å². The summed E-state index contributed by atoms with van der Waals surface area (Å²) in [5.74, 6) is 0.491. The van der Waals surface area contributed by atoms with Gasteiger partial charge >= 0.3 is 0 Å². The Morgan fingerprint density at radius 1 is 1.17 bits per heavy atom. The predicted molar refractivity (Wildman–Crippen MR) is 115 cm³/mol. The summed E-state index contributed by atoms with van der Waals surface area (Å²) in [4.78, 5) is 14.3. The van der Waals surface area contributed by atoms with Crippen molar-refractivity contribution in [3.05, 3.63) is 58.6 Å². The summed E-state index contributed by atoms with van der Waals surface area (Å²) in [5, 5.41) is 15.0. The van der Waals surface area contributed by atoms with E-state index in [2.05, 4.69) is 15.4 Å². The van der Waals surface area contributed by atoms with Gasteiger partial charge in [-0.1, -0.05) is 18.0 Å². The summed E-state index contributed by atoms with van der Waals surface area (Å²) < 4.78 is 5.40. The molecule has 2 aromatic carbocycles. The molecule has 154 valence electrons. The molecule has 0 aliphatic carbocycles. The maximum absolute atomic E-state index is 12.0. The van der Waals surface area contributed by atoms with Gasteiger partial charge in [0.15, 0.2) is 6.61 Å². The van der Waals surface area contributed by atoms with E-state index in [9.17, 15) is 9.90 Å². The van der Waals surface area contributed by atoms with Crippen molar-refractivity contribution in [2.24, 2.45) is 5.10 Å². The van der Waals surface area contributed by atoms with Gasteiger partial charge in [-0.15, -0.1) is 0 Å². The number of hydrogen-bond acceptors (Lipinski definition) is 5. The second kappa shape index (κ2) is 10.3. The Morgan fingerprint density at radius 2 is 1.90 bits per heavy atom. The van der Waals surface area contributed by atoms with E-state index in [1.807, 2.05) is 13.0 Å². The van der Waals surface area contributed by atoms with Crippen LogP contribution in [0.15, 0.2) is 47.6 Å². The number of amides is 1. The van der Waals surface area contributed by atoms with Crippen molar-refractivity contribution in [3.63, 3.8) is 0 Å². The highest BCUT2D eigenvalue weighted by atomic mass is 35.5. The van der Waals surface area contributed by atoms with Gasteiger partial charge in [0, 0.05) is 17.1 Å². The van der Waals surface area contributed by atoms with Crippen LogP contribution in [0.1, 0.15) is 37.3 Å². The van der Waals surface area contributed by atoms with Crippen LogP contribution in [-0.4, -0.2) is 41.3 Å². The molecular formula is C22H26ClN3O3. The van der Waals surface area contributed by atoms with Crippen LogP contribution >= 0.6 is 11.6 Å². The van der Waals surface area contributed by atoms with Crippen LogP contribution in [0.3, 0.4) is 0 Å². The molecular weight excluding hydrogens is 390 g/mol. The minimum Gasteiger partial charge on any atom is -0.508 e. The number of nitrogens with one attached hydrogen (secondary N) is 1. The molecule has 0 aromatic heterocycles. The molecule has 1 heterocycles. The second-order valence-electron chi connectivity index (χ2n) is 7.16. The Kier molecular flexibility index (Phi) is 7.49. The summed E-state index contributed by atoms with van der Waals surface area (Å²) in [6, 6.07) is 12.2. The van der Waals surface area contributed by atoms with Gasteiger partial charge in [-0.25, -0.2) is 5.43 Å². The quantitative estimate of drug-likeness (QED) is 0.530. The Bertz CT molecular complexity index is 862. The molecule has 2 N–H and O–H groups in total. The molecule has 1 saturated heterocycles. The van der Waals surface area contributed by atoms with Crippen LogP contribution in [0.2, 0.25) is 5.02 Å². The number of carbonyl (C=O) groups is 1. The zero-order valence-corrected chi connectivity index (χ0v) is 17.3. The third-order valence-corrected chi connectivity index (χ3v) is 5.12. The number of aromatic hydroxyl groups is 1. The van der Waals surface area contributed by atoms with E-state index in [1.54, 1.807) is 36.4 Å². The van der Waals surface area contributed by atoms with Crippen LogP contribution in [0, 0.1) is 0 Å². The highest BCUT2D eigenvalue weighted by Gasteiger charge is 2.13. The molecule has 29 heavy (non-hydrogen) atoms. The van der Waals surface area contributed by atoms with Crippen molar-refractivity contribution in [3.8, 4) is 11.5 Å². The summed E-state index contributed by atoms with van der Waals surface area (Å²) in [5.41, 5.74) is 4.89. The summed E-state index contributed by atoms with van der Waals surface area (Å²) in [6.45, 7) is 4.50. The fraction of sp³-hybridized carbons (Fsp3) is 0.364. The topological polar surface area (TPSA) is 74.2 Å². The van der Waals surface area contributed by atoms with Gasteiger partial charge in [-0.3, -0.25) is 9.69 Å². The average molecular weight is 416 g/mol. The molecule has 0 radical (unpaired) electrons. The van der Waals surface area contributed by atoms with Crippen LogP contribution in [-0.2, 0) is 11.3 Å². The monoisotopic (exact) mass is 415 g/mol. The van der Waals surface area contributed by atoms with Gasteiger partial charge in [0.25, 0.3) is 5.91 Å². The molecule has 6 nitrogen and oxygen atoms in total. The van der Waals surface area contributed by atoms with Crippen LogP contribution in [0.5, 0.6) is 11.5 Å². The fourth-order valence-electron chi connectivity index (χ4n) is 3.22. The molecule has 1 amide bonds. The van der Waals surface area contributed by atoms with Crippen molar-refractivity contribution in [1.82, 2.24) is 10.3 Å². The smallest absolute Gasteiger partial charge is 0.277 e. The fourth-order valence-corrected chi connectivity index (χ4v) is 3.34. The first kappa shape index (κ1) is 21.1. The number of halogens is 1. The molecule has 1 aliphatic rings. The summed E-state index contributed by atoms with van der Waals surface area (Å²) in [6.07, 6.45) is 3.67. The van der Waals surface area contributed by atoms with E-state index in [0.29, 0.717) is 23.0 Å². The largest absolute Gasteiger partial charge is 0.508 e. The van der Waals surface area contributed by atoms with Crippen molar-refractivity contribution >= 4 is 23.2 Å². The number of piperidine rings is 1. The number of hydrazone groups is 1. The molecule has 1 fully saturated rings. The number of ether oxygens (including phenoxy) is 1. The lowest BCUT2D eigenvalue weighted by molar-refractivity contribution is -0.123. The number of likely N-dealkylation sites (tertiary alicyclic amines) is 1. The average Bonchev–Trinajstić information content (AvgIpc) is 2.74. The maximum atomic E-state index is 12.0. The third-order valence-electron chi connectivity index (χ3n) is 4.87. The van der Waals surface area contributed by atoms with Crippen LogP contribution in [0.4, 0.5) is 0 Å². The number of phenolic OH excluding ortho intramolecular Hbond substituents is 1. The summed E-state index contributed by atoms with van der Waals surface area (Å²) in [7, 11) is 0. The SMILES string of the molecule is C/C(=N\NC(=O)COc1ccc(Cl)cc1)c1ccc(O)c(CN2CCCCC2)c1. The van der Waals surface area contributed by atoms with Crippen LogP contribution in [0.25, 0.3) is 0 Å². The Hall–Kier alpha value is -2.57. The van der Waals surface area contributed by atoms with Crippen molar-refractivity contribution < 1.29 is 14.6 Å². The first-order valence-electron chi connectivity index (χ1n) is 9.77. The zero-order valence-electron chi connectivity index (χ0n) is 16.5. The minimum absolute atomic E-state index is 0.145. The molecule has 0 bridgehead atoms. The maximum Gasteiger partial charge on any atom is 0.277 e. The number of nitrogens with zero attached hydrogens (tertiary/aromatic N) is 2. The minimum atomic E-state index is -0.355. The highest BCUT2D eigenvalue weighted by Crippen LogP contribution is 2.22. The molecule has 0 atom stereocenters. The Balaban J connectivity index is 1.56. The van der Waals surface area contributed by atoms with Gasteiger partial charge in [-0.05, 0) is 80.9 Å². The van der Waals surface area contributed by atoms with E-state index >= 15 is 0 Å². The third kappa shape index (κ3) is 6.48. The highest BCUT2D eigenvalue weighted by molar-refractivity contribution is 6.30. The van der Waals surface area contributed by atoms with E-state index in [-0.39, 0.29) is 18.3 Å². The first-order chi connectivity index (χ1) is 14.0. The van der Waals surface area contributed by atoms with Crippen molar-refractivity contribution in [2.45, 2.75) is 32.7 Å². The molecule has 3 rings (SSSR count). The van der Waals surface area contributed by atoms with Gasteiger partial charge in [0.05, 0.1) is 5.71 Å². The predicted octanol–water partition coefficient (Wildman–Crippen LogP) is 3.95. The molecule has 7 heteroatoms. The van der Waals surface area contributed by atoms with E-state index < -0.39 is 0 Å². The van der Waals surface area contributed by atoms with E-state index in [0.717, 1.165) is 24.2 Å². The molecule has 1 aliphatic heterocycles. The van der Waals surface area contributed by atoms with Gasteiger partial charge in [-0.2, -0.15) is 5.10 Å². The zero-order chi connectivity index (χ0) is 20.6. The first-order valence-corrected chi connectivity index (χ1v) is 10.1. The lowest BCUT2D eigenvalue weighted by Crippen LogP contribution is -2.29. The molecule has 0 saturated carbocycles. The normalized spacial score (nSPS) is 15.2. The van der Waals surface area contributed by atoms with E-state index in [1.165, 1.54) is 19.3 Å². The lowest BCUT2D eigenvalue weighted by Gasteiger charge is -2.26. The van der Waals surface area contributed by atoms with Gasteiger partial charge in [0.2, 0.25) is 0 Å². The van der Waals surface area contributed by atoms with Gasteiger partial charge < -0.3 is 9.84 Å². The van der Waals surface area contributed by atoms with E-state index in [4.69, 9.17) is 16.3 Å². The number of rotatable bonds is 7. The number of hydrogen-bond donors (Lipinski definition) is 2. The number of benzene rings is 2. The molecule has 0 unspecified atom stereocenters. The molecule has 2 aromatic rings. The lowest BCUT2D eigenvalue weighted by atomic mass is 10.0. The Labute approximate surface area is 176 Å². The Morgan fingerprint density at radius 3 is 2.62 bits per heavy atom. The van der Waals surface area contributed by atoms with Gasteiger partial charge in [0.1, 0.15) is 11.5 Å². The molecule has 0 spiro atoms. The number of carbonyl (C=O) groups excluding carboxylic acids is 1. The van der Waals surface area contributed by atoms with Crippen LogP contribution < -0.4 is 10.2 Å². The van der Waals surface area contributed by atoms with Crippen molar-refractivity contribution in [1.29, 1.82) is 0 Å². The summed E-state index contributed by atoms with van der Waals surface area (Å²) >= 11 is 5.82. The second-order valence-corrected chi connectivity index (χ2v) is 7.59. The number of phenols is 1. The standard InChI is InChI=1S/C22H26ClN3O3/c1-16(24-25-22(28)15-29-20-8-6-19(23)7-9-20)17-5-10-21(27)18(13-17)14-26-11-3-2-4-12-26/h5-10,13,27H,2-4,11-12,14-15H2,1H3,(H,25,28)/b24-16+.